The molecule has 0 radical (unpaired) electrons. The van der Waals surface area contributed by atoms with Crippen LogP contribution in [-0.4, -0.2) is 28.5 Å². The topological polar surface area (TPSA) is 101 Å². The van der Waals surface area contributed by atoms with E-state index < -0.39 is 25.1 Å². The molecule has 0 atom stereocenters. The molecule has 16 heavy (non-hydrogen) atoms. The minimum Gasteiger partial charge on any atom is -0.744 e. The van der Waals surface area contributed by atoms with Crippen molar-refractivity contribution in [2.75, 3.05) is 7.11 Å². The molecule has 0 heterocycles. The maximum atomic E-state index is 11.1. The fourth-order valence-electron chi connectivity index (χ4n) is 0.869. The Morgan fingerprint density at radius 1 is 1.00 bits per heavy atom. The first-order chi connectivity index (χ1) is 6.77. The molecule has 0 aliphatic heterocycles. The van der Waals surface area contributed by atoms with Gasteiger partial charge >= 0.3 is 51.4 Å². The molecule has 84 valence electrons. The van der Waals surface area contributed by atoms with Crippen molar-refractivity contribution < 1.29 is 77.0 Å². The summed E-state index contributed by atoms with van der Waals surface area (Å²) in [5.74, 6) is 0. The van der Waals surface area contributed by atoms with Crippen LogP contribution in [0.2, 0.25) is 0 Å². The van der Waals surface area contributed by atoms with E-state index in [4.69, 9.17) is 0 Å². The summed E-state index contributed by atoms with van der Waals surface area (Å²) in [6.07, 6.45) is 0. The molecule has 0 unspecified atom stereocenters. The second kappa shape index (κ2) is 6.02. The van der Waals surface area contributed by atoms with Crippen molar-refractivity contribution >= 4 is 20.2 Å². The summed E-state index contributed by atoms with van der Waals surface area (Å²) in [5.41, 5.74) is 0. The fraction of sp³-hybridized carbons (Fsp3) is 0.143. The largest absolute Gasteiger partial charge is 1.00 e. The molecule has 0 bridgehead atoms. The van der Waals surface area contributed by atoms with Gasteiger partial charge in [0.25, 0.3) is 10.1 Å². The van der Waals surface area contributed by atoms with E-state index in [-0.39, 0.29) is 56.3 Å². The van der Waals surface area contributed by atoms with Crippen molar-refractivity contribution in [3.63, 3.8) is 0 Å². The first kappa shape index (κ1) is 16.7. The molecule has 0 fully saturated rings. The Morgan fingerprint density at radius 3 is 1.69 bits per heavy atom. The zero-order valence-electron chi connectivity index (χ0n) is 8.58. The van der Waals surface area contributed by atoms with E-state index in [1.54, 1.807) is 0 Å². The first-order valence-corrected chi connectivity index (χ1v) is 6.45. The van der Waals surface area contributed by atoms with Gasteiger partial charge in [0, 0.05) is 0 Å². The van der Waals surface area contributed by atoms with Crippen molar-refractivity contribution in [3.8, 4) is 0 Å². The minimum atomic E-state index is -4.56. The number of hydrogen-bond donors (Lipinski definition) is 0. The van der Waals surface area contributed by atoms with Gasteiger partial charge in [-0.3, -0.25) is 4.18 Å². The minimum absolute atomic E-state index is 0. The van der Waals surface area contributed by atoms with E-state index >= 15 is 0 Å². The Bertz CT molecular complexity index is 545. The molecule has 0 amide bonds. The van der Waals surface area contributed by atoms with Crippen LogP contribution in [0.5, 0.6) is 0 Å². The Kier molecular flexibility index (Phi) is 6.28. The Hall–Kier alpha value is 0.676. The zero-order valence-corrected chi connectivity index (χ0v) is 13.3. The SMILES string of the molecule is COS(=O)(=O)c1ccc(S(=O)(=O)[O-])cc1.[K+]. The van der Waals surface area contributed by atoms with Gasteiger partial charge in [-0.2, -0.15) is 8.42 Å². The van der Waals surface area contributed by atoms with E-state index in [2.05, 4.69) is 4.18 Å². The van der Waals surface area contributed by atoms with E-state index in [0.717, 1.165) is 31.4 Å². The van der Waals surface area contributed by atoms with Crippen LogP contribution in [0.3, 0.4) is 0 Å². The molecule has 1 aromatic carbocycles. The average molecular weight is 290 g/mol. The van der Waals surface area contributed by atoms with Gasteiger partial charge in [0.05, 0.1) is 16.9 Å². The van der Waals surface area contributed by atoms with E-state index in [1.807, 2.05) is 0 Å². The van der Waals surface area contributed by atoms with Crippen LogP contribution in [0.1, 0.15) is 0 Å². The molecule has 0 saturated heterocycles. The van der Waals surface area contributed by atoms with Crippen LogP contribution in [0, 0.1) is 0 Å². The van der Waals surface area contributed by atoms with Crippen molar-refractivity contribution in [2.45, 2.75) is 9.79 Å². The van der Waals surface area contributed by atoms with E-state index in [9.17, 15) is 21.4 Å². The maximum absolute atomic E-state index is 11.1. The predicted octanol–water partition coefficient (Wildman–Crippen LogP) is -3.07. The molecule has 1 rings (SSSR count). The Balaban J connectivity index is 0.00000225. The van der Waals surface area contributed by atoms with Gasteiger partial charge < -0.3 is 4.55 Å². The molecular formula is C7H7KO6S2. The van der Waals surface area contributed by atoms with Crippen LogP contribution in [-0.2, 0) is 24.4 Å². The van der Waals surface area contributed by atoms with Crippen LogP contribution in [0.15, 0.2) is 34.1 Å². The van der Waals surface area contributed by atoms with Crippen LogP contribution in [0.4, 0.5) is 0 Å². The van der Waals surface area contributed by atoms with Crippen molar-refractivity contribution in [1.29, 1.82) is 0 Å². The fourth-order valence-corrected chi connectivity index (χ4v) is 2.00. The van der Waals surface area contributed by atoms with Gasteiger partial charge in [0.15, 0.2) is 0 Å². The summed E-state index contributed by atoms with van der Waals surface area (Å²) in [6.45, 7) is 0. The third kappa shape index (κ3) is 4.16. The second-order valence-corrected chi connectivity index (χ2v) is 5.64. The van der Waals surface area contributed by atoms with Gasteiger partial charge in [0.1, 0.15) is 10.1 Å². The first-order valence-electron chi connectivity index (χ1n) is 3.64. The number of benzene rings is 1. The smallest absolute Gasteiger partial charge is 0.744 e. The summed E-state index contributed by atoms with van der Waals surface area (Å²) in [4.78, 5) is -0.699. The maximum Gasteiger partial charge on any atom is 1.00 e. The monoisotopic (exact) mass is 290 g/mol. The van der Waals surface area contributed by atoms with E-state index in [1.165, 1.54) is 0 Å². The Morgan fingerprint density at radius 2 is 1.38 bits per heavy atom. The van der Waals surface area contributed by atoms with Crippen molar-refractivity contribution in [2.24, 2.45) is 0 Å². The molecule has 0 aliphatic carbocycles. The molecule has 0 aromatic heterocycles. The number of hydrogen-bond acceptors (Lipinski definition) is 6. The third-order valence-corrected chi connectivity index (χ3v) is 3.76. The zero-order chi connectivity index (χ0) is 11.7. The van der Waals surface area contributed by atoms with Gasteiger partial charge in [-0.1, -0.05) is 0 Å². The molecule has 1 aromatic rings. The number of rotatable bonds is 3. The van der Waals surface area contributed by atoms with Gasteiger partial charge in [-0.05, 0) is 24.3 Å². The average Bonchev–Trinajstić information content (AvgIpc) is 2.17. The molecule has 9 heteroatoms. The van der Waals surface area contributed by atoms with Crippen LogP contribution in [0.25, 0.3) is 0 Å². The van der Waals surface area contributed by atoms with Crippen LogP contribution >= 0.6 is 0 Å². The van der Waals surface area contributed by atoms with Gasteiger partial charge in [-0.15, -0.1) is 0 Å². The molecule has 0 aliphatic rings. The normalized spacial score (nSPS) is 11.9. The van der Waals surface area contributed by atoms with Crippen LogP contribution < -0.4 is 51.4 Å². The summed E-state index contributed by atoms with van der Waals surface area (Å²) < 4.78 is 58.0. The summed E-state index contributed by atoms with van der Waals surface area (Å²) in [5, 5.41) is 0. The van der Waals surface area contributed by atoms with Gasteiger partial charge in [0.2, 0.25) is 0 Å². The van der Waals surface area contributed by atoms with E-state index in [0.29, 0.717) is 0 Å². The summed E-state index contributed by atoms with van der Waals surface area (Å²) >= 11 is 0. The molecule has 6 nitrogen and oxygen atoms in total. The standard InChI is InChI=1S/C7H8O6S2.K/c1-13-15(11,12)7-4-2-6(3-5-7)14(8,9)10;/h2-5H,1H3,(H,8,9,10);/q;+1/p-1. The molecule has 0 saturated carbocycles. The summed E-state index contributed by atoms with van der Waals surface area (Å²) in [6, 6.07) is 3.80. The molecule has 0 N–H and O–H groups in total. The van der Waals surface area contributed by atoms with Gasteiger partial charge in [-0.25, -0.2) is 8.42 Å². The van der Waals surface area contributed by atoms with Crippen molar-refractivity contribution in [3.05, 3.63) is 24.3 Å². The predicted molar refractivity (Wildman–Crippen MR) is 48.6 cm³/mol. The quantitative estimate of drug-likeness (QED) is 0.333. The summed E-state index contributed by atoms with van der Waals surface area (Å²) in [7, 11) is -7.43. The van der Waals surface area contributed by atoms with Crippen molar-refractivity contribution in [1.82, 2.24) is 0 Å². The molecular weight excluding hydrogens is 283 g/mol. The second-order valence-electron chi connectivity index (χ2n) is 2.55. The molecule has 0 spiro atoms. The Labute approximate surface area is 136 Å². The third-order valence-electron chi connectivity index (χ3n) is 1.62.